The van der Waals surface area contributed by atoms with Crippen LogP contribution in [-0.4, -0.2) is 26.2 Å². The van der Waals surface area contributed by atoms with Gasteiger partial charge in [-0.05, 0) is 0 Å². The third kappa shape index (κ3) is 3.60. The highest BCUT2D eigenvalue weighted by Crippen LogP contribution is 2.02. The molecule has 0 saturated carbocycles. The van der Waals surface area contributed by atoms with Crippen LogP contribution in [0.15, 0.2) is 0 Å². The molecule has 63 valence electrons. The van der Waals surface area contributed by atoms with Crippen molar-refractivity contribution in [3.8, 4) is 0 Å². The fraction of sp³-hybridized carbons (Fsp3) is 0.571. The smallest absolute Gasteiger partial charge is 0.310 e. The first-order valence-electron chi connectivity index (χ1n) is 3.12. The lowest BCUT2D eigenvalue weighted by atomic mass is 10.1. The van der Waals surface area contributed by atoms with Crippen LogP contribution in [0.5, 0.6) is 0 Å². The lowest BCUT2D eigenvalue weighted by Gasteiger charge is -2.05. The first-order chi connectivity index (χ1) is 5.11. The van der Waals surface area contributed by atoms with Crippen LogP contribution in [0.2, 0.25) is 0 Å². The van der Waals surface area contributed by atoms with Crippen molar-refractivity contribution in [2.24, 2.45) is 5.92 Å². The zero-order valence-corrected chi connectivity index (χ0v) is 6.79. The predicted octanol–water partition coefficient (Wildman–Crippen LogP) is 0.173. The van der Waals surface area contributed by atoms with E-state index in [0.29, 0.717) is 0 Å². The molecule has 0 aromatic rings. The molecule has 0 aromatic carbocycles. The first kappa shape index (κ1) is 9.94. The lowest BCUT2D eigenvalue weighted by Crippen LogP contribution is -2.18. The first-order valence-corrected chi connectivity index (χ1v) is 3.12. The third-order valence-corrected chi connectivity index (χ3v) is 1.16. The largest absolute Gasteiger partial charge is 0.469 e. The fourth-order valence-electron chi connectivity index (χ4n) is 0.526. The molecule has 0 aliphatic rings. The molecule has 0 aliphatic carbocycles. The number of methoxy groups -OCH3 is 2. The Morgan fingerprint density at radius 1 is 1.27 bits per heavy atom. The summed E-state index contributed by atoms with van der Waals surface area (Å²) in [6.07, 6.45) is 1.16. The van der Waals surface area contributed by atoms with Crippen LogP contribution in [0, 0.1) is 12.3 Å². The molecule has 0 heterocycles. The van der Waals surface area contributed by atoms with Gasteiger partial charge in [0.05, 0.1) is 26.6 Å². The Hall–Kier alpha value is -1.06. The van der Waals surface area contributed by atoms with E-state index in [4.69, 9.17) is 0 Å². The maximum Gasteiger partial charge on any atom is 0.310 e. The number of esters is 2. The third-order valence-electron chi connectivity index (χ3n) is 1.16. The van der Waals surface area contributed by atoms with Crippen LogP contribution in [-0.2, 0) is 19.1 Å². The number of carbonyl (C=O) groups is 2. The van der Waals surface area contributed by atoms with Gasteiger partial charge in [0, 0.05) is 0 Å². The van der Waals surface area contributed by atoms with Gasteiger partial charge in [-0.1, -0.05) is 6.92 Å². The lowest BCUT2D eigenvalue weighted by molar-refractivity contribution is -0.147. The van der Waals surface area contributed by atoms with Gasteiger partial charge in [0.25, 0.3) is 0 Å². The second-order valence-electron chi connectivity index (χ2n) is 2.00. The van der Waals surface area contributed by atoms with Crippen LogP contribution >= 0.6 is 0 Å². The van der Waals surface area contributed by atoms with Gasteiger partial charge in [-0.3, -0.25) is 9.59 Å². The number of carbonyl (C=O) groups excluding carboxylic acids is 2. The number of hydrogen-bond acceptors (Lipinski definition) is 4. The molecule has 0 spiro atoms. The number of rotatable bonds is 3. The average Bonchev–Trinajstić information content (AvgIpc) is 2.02. The molecule has 4 heteroatoms. The van der Waals surface area contributed by atoms with Gasteiger partial charge in [-0.15, -0.1) is 0 Å². The molecule has 0 amide bonds. The van der Waals surface area contributed by atoms with Gasteiger partial charge in [0.2, 0.25) is 0 Å². The molecule has 1 radical (unpaired) electrons. The van der Waals surface area contributed by atoms with Crippen molar-refractivity contribution in [1.29, 1.82) is 0 Å². The van der Waals surface area contributed by atoms with Gasteiger partial charge in [-0.25, -0.2) is 0 Å². The molecule has 1 unspecified atom stereocenters. The summed E-state index contributed by atoms with van der Waals surface area (Å²) in [6, 6.07) is 0. The van der Waals surface area contributed by atoms with E-state index < -0.39 is 17.9 Å². The van der Waals surface area contributed by atoms with E-state index in [1.807, 2.05) is 0 Å². The van der Waals surface area contributed by atoms with Crippen LogP contribution in [0.3, 0.4) is 0 Å². The molecule has 4 nitrogen and oxygen atoms in total. The van der Waals surface area contributed by atoms with Crippen molar-refractivity contribution in [1.82, 2.24) is 0 Å². The van der Waals surface area contributed by atoms with Crippen molar-refractivity contribution < 1.29 is 19.1 Å². The van der Waals surface area contributed by atoms with E-state index in [0.717, 1.165) is 6.42 Å². The van der Waals surface area contributed by atoms with Crippen LogP contribution in [0.25, 0.3) is 0 Å². The highest BCUT2D eigenvalue weighted by molar-refractivity contribution is 5.86. The Bertz CT molecular complexity index is 153. The zero-order chi connectivity index (χ0) is 8.85. The standard InChI is InChI=1S/C7H11O4/c1-5(7(9)11-3)4-6(8)10-2/h4-5H,1-3H3. The van der Waals surface area contributed by atoms with Crippen molar-refractivity contribution in [3.63, 3.8) is 0 Å². The summed E-state index contributed by atoms with van der Waals surface area (Å²) in [5.41, 5.74) is 0. The highest BCUT2D eigenvalue weighted by atomic mass is 16.5. The molecular weight excluding hydrogens is 148 g/mol. The zero-order valence-electron chi connectivity index (χ0n) is 6.79. The van der Waals surface area contributed by atoms with E-state index >= 15 is 0 Å². The molecule has 1 atom stereocenters. The summed E-state index contributed by atoms with van der Waals surface area (Å²) in [7, 11) is 2.52. The Balaban J connectivity index is 3.77. The summed E-state index contributed by atoms with van der Waals surface area (Å²) < 4.78 is 8.69. The van der Waals surface area contributed by atoms with E-state index in [9.17, 15) is 9.59 Å². The summed E-state index contributed by atoms with van der Waals surface area (Å²) >= 11 is 0. The molecule has 0 bridgehead atoms. The molecular formula is C7H11O4. The minimum absolute atomic E-state index is 0.449. The van der Waals surface area contributed by atoms with E-state index in [1.165, 1.54) is 14.2 Å². The molecule has 0 aromatic heterocycles. The Morgan fingerprint density at radius 3 is 2.18 bits per heavy atom. The second-order valence-corrected chi connectivity index (χ2v) is 2.00. The van der Waals surface area contributed by atoms with Gasteiger partial charge in [0.15, 0.2) is 0 Å². The van der Waals surface area contributed by atoms with E-state index in [1.54, 1.807) is 6.92 Å². The van der Waals surface area contributed by atoms with Crippen molar-refractivity contribution in [2.45, 2.75) is 6.92 Å². The molecule has 0 N–H and O–H groups in total. The molecule has 0 saturated heterocycles. The van der Waals surface area contributed by atoms with Crippen molar-refractivity contribution in [3.05, 3.63) is 6.42 Å². The maximum atomic E-state index is 10.7. The van der Waals surface area contributed by atoms with Crippen LogP contribution < -0.4 is 0 Å². The van der Waals surface area contributed by atoms with Crippen molar-refractivity contribution >= 4 is 11.9 Å². The molecule has 11 heavy (non-hydrogen) atoms. The number of ether oxygens (including phenoxy) is 2. The molecule has 0 fully saturated rings. The molecule has 0 rings (SSSR count). The monoisotopic (exact) mass is 159 g/mol. The summed E-state index contributed by atoms with van der Waals surface area (Å²) in [6.45, 7) is 1.56. The number of hydrogen-bond donors (Lipinski definition) is 0. The predicted molar refractivity (Wildman–Crippen MR) is 37.5 cm³/mol. The molecule has 0 aliphatic heterocycles. The highest BCUT2D eigenvalue weighted by Gasteiger charge is 2.17. The quantitative estimate of drug-likeness (QED) is 0.551. The van der Waals surface area contributed by atoms with Gasteiger partial charge < -0.3 is 9.47 Å². The van der Waals surface area contributed by atoms with Gasteiger partial charge >= 0.3 is 11.9 Å². The minimum Gasteiger partial charge on any atom is -0.469 e. The average molecular weight is 159 g/mol. The van der Waals surface area contributed by atoms with Gasteiger partial charge in [0.1, 0.15) is 0 Å². The van der Waals surface area contributed by atoms with Crippen LogP contribution in [0.4, 0.5) is 0 Å². The normalized spacial score (nSPS) is 11.9. The summed E-state index contributed by atoms with van der Waals surface area (Å²) in [5.74, 6) is -1.52. The maximum absolute atomic E-state index is 10.7. The Labute approximate surface area is 65.5 Å². The Morgan fingerprint density at radius 2 is 1.82 bits per heavy atom. The summed E-state index contributed by atoms with van der Waals surface area (Å²) in [4.78, 5) is 21.3. The Kier molecular flexibility index (Phi) is 4.26. The SMILES string of the molecule is COC(=O)[CH]C(C)C(=O)OC. The van der Waals surface area contributed by atoms with E-state index in [-0.39, 0.29) is 0 Å². The van der Waals surface area contributed by atoms with Gasteiger partial charge in [-0.2, -0.15) is 0 Å². The fourth-order valence-corrected chi connectivity index (χ4v) is 0.526. The minimum atomic E-state index is -0.549. The topological polar surface area (TPSA) is 52.6 Å². The second kappa shape index (κ2) is 4.71. The summed E-state index contributed by atoms with van der Waals surface area (Å²) in [5, 5.41) is 0. The van der Waals surface area contributed by atoms with Crippen molar-refractivity contribution in [2.75, 3.05) is 14.2 Å². The van der Waals surface area contributed by atoms with E-state index in [2.05, 4.69) is 9.47 Å². The van der Waals surface area contributed by atoms with Crippen LogP contribution in [0.1, 0.15) is 6.92 Å².